The normalized spacial score (nSPS) is 17.0. The zero-order valence-electron chi connectivity index (χ0n) is 18.2. The number of likely N-dealkylation sites (tertiary alicyclic amines) is 1. The molecular formula is C22H30KN3O3S. The van der Waals surface area contributed by atoms with Crippen LogP contribution in [0.15, 0.2) is 47.9 Å². The average Bonchev–Trinajstić information content (AvgIpc) is 3.40. The van der Waals surface area contributed by atoms with Crippen molar-refractivity contribution in [1.82, 2.24) is 14.5 Å². The number of rotatable bonds is 10. The maximum absolute atomic E-state index is 12.5. The Morgan fingerprint density at radius 1 is 1.07 bits per heavy atom. The van der Waals surface area contributed by atoms with Crippen molar-refractivity contribution in [2.75, 3.05) is 6.54 Å². The van der Waals surface area contributed by atoms with Gasteiger partial charge in [-0.2, -0.15) is 0 Å². The average molecular weight is 456 g/mol. The van der Waals surface area contributed by atoms with Gasteiger partial charge in [0, 0.05) is 37.4 Å². The van der Waals surface area contributed by atoms with Crippen LogP contribution in [-0.2, 0) is 23.9 Å². The second-order valence-corrected chi connectivity index (χ2v) is 8.74. The minimum absolute atomic E-state index is 0. The van der Waals surface area contributed by atoms with Gasteiger partial charge in [-0.25, -0.2) is 4.98 Å². The molecule has 1 amide bonds. The third-order valence-corrected chi connectivity index (χ3v) is 6.76. The smallest absolute Gasteiger partial charge is 0.420 e. The van der Waals surface area contributed by atoms with Crippen molar-refractivity contribution in [3.05, 3.63) is 48.5 Å². The molecule has 30 heavy (non-hydrogen) atoms. The molecule has 158 valence electrons. The summed E-state index contributed by atoms with van der Waals surface area (Å²) in [5, 5.41) is 0. The van der Waals surface area contributed by atoms with Crippen molar-refractivity contribution in [2.24, 2.45) is 0 Å². The zero-order valence-corrected chi connectivity index (χ0v) is 22.1. The maximum atomic E-state index is 12.5. The maximum Gasteiger partial charge on any atom is 1.00 e. The van der Waals surface area contributed by atoms with Crippen molar-refractivity contribution in [3.8, 4) is 0 Å². The first-order valence-electron chi connectivity index (χ1n) is 10.5. The summed E-state index contributed by atoms with van der Waals surface area (Å²) >= 11 is 0. The van der Waals surface area contributed by atoms with Crippen molar-refractivity contribution in [2.45, 2.75) is 75.3 Å². The Morgan fingerprint density at radius 3 is 2.30 bits per heavy atom. The van der Waals surface area contributed by atoms with Crippen LogP contribution in [0.2, 0.25) is 0 Å². The van der Waals surface area contributed by atoms with E-state index in [2.05, 4.69) is 28.3 Å². The number of aromatic nitrogens is 2. The molecule has 8 heteroatoms. The monoisotopic (exact) mass is 455 g/mol. The fourth-order valence-corrected chi connectivity index (χ4v) is 4.78. The summed E-state index contributed by atoms with van der Waals surface area (Å²) < 4.78 is 24.5. The predicted molar refractivity (Wildman–Crippen MR) is 112 cm³/mol. The van der Waals surface area contributed by atoms with Crippen LogP contribution < -0.4 is 51.4 Å². The molecule has 0 spiro atoms. The molecule has 0 saturated carbocycles. The van der Waals surface area contributed by atoms with E-state index in [0.717, 1.165) is 44.2 Å². The molecule has 0 N–H and O–H groups in total. The molecular weight excluding hydrogens is 425 g/mol. The molecule has 1 fully saturated rings. The fraction of sp³-hybridized carbons (Fsp3) is 0.545. The summed E-state index contributed by atoms with van der Waals surface area (Å²) in [5.74, 6) is 0.533. The van der Waals surface area contributed by atoms with Crippen LogP contribution in [0.4, 0.5) is 0 Å². The van der Waals surface area contributed by atoms with Crippen molar-refractivity contribution < 1.29 is 64.6 Å². The van der Waals surface area contributed by atoms with E-state index < -0.39 is 10.7 Å². The number of benzene rings is 1. The number of imidazole rings is 1. The molecule has 3 rings (SSSR count). The second kappa shape index (κ2) is 12.5. The van der Waals surface area contributed by atoms with Crippen molar-refractivity contribution >= 4 is 16.6 Å². The summed E-state index contributed by atoms with van der Waals surface area (Å²) in [4.78, 5) is 19.1. The molecule has 3 unspecified atom stereocenters. The predicted octanol–water partition coefficient (Wildman–Crippen LogP) is 1.47. The number of carbonyl (C=O) groups excluding carboxylic acids is 1. The third kappa shape index (κ3) is 6.50. The Morgan fingerprint density at radius 2 is 1.80 bits per heavy atom. The molecule has 2 aromatic rings. The van der Waals surface area contributed by atoms with Gasteiger partial charge in [-0.1, -0.05) is 43.0 Å². The molecule has 3 atom stereocenters. The minimum Gasteiger partial charge on any atom is -0.420 e. The summed E-state index contributed by atoms with van der Waals surface area (Å²) in [6.45, 7) is 5.15. The Hall–Kier alpha value is -0.514. The summed E-state index contributed by atoms with van der Waals surface area (Å²) in [6, 6.07) is 7.62. The van der Waals surface area contributed by atoms with Crippen molar-refractivity contribution in [1.29, 1.82) is 0 Å². The summed E-state index contributed by atoms with van der Waals surface area (Å²) in [7, 11) is -2.21. The molecule has 0 bridgehead atoms. The van der Waals surface area contributed by atoms with E-state index in [1.807, 2.05) is 24.7 Å². The largest absolute Gasteiger partial charge is 1.00 e. The van der Waals surface area contributed by atoms with Gasteiger partial charge < -0.3 is 17.9 Å². The Balaban J connectivity index is 0.00000320. The zero-order chi connectivity index (χ0) is 20.8. The van der Waals surface area contributed by atoms with Gasteiger partial charge in [0.05, 0.1) is 6.33 Å². The molecule has 2 heterocycles. The topological polar surface area (TPSA) is 72.3 Å². The number of hydrogen-bond donors (Lipinski definition) is 0. The van der Waals surface area contributed by atoms with E-state index in [9.17, 15) is 13.2 Å². The standard InChI is InChI=1S/C22H30N3O3S.K/c1-3-17(18-7-9-21(10-8-18)29(27)28)14-20(25-12-5-6-22(25)26)15-19(4-2)24-13-11-23-16-24;/h7-11,13,16-17,19-20H,3-6,12,14-15H2,1-2H3;/q-1;+1. The van der Waals surface area contributed by atoms with Crippen LogP contribution in [0.1, 0.15) is 69.9 Å². The van der Waals surface area contributed by atoms with Crippen molar-refractivity contribution in [3.63, 3.8) is 0 Å². The first-order valence-corrected chi connectivity index (χ1v) is 11.6. The Kier molecular flexibility index (Phi) is 10.7. The van der Waals surface area contributed by atoms with Gasteiger partial charge in [-0.3, -0.25) is 4.79 Å². The van der Waals surface area contributed by atoms with Crippen LogP contribution in [0.5, 0.6) is 0 Å². The SMILES string of the molecule is CCC(CC(CC(CC)n1ccnc1)N1CCCC1=O)c1ccc([S-](=O)=O)cc1.[K+]. The molecule has 1 aliphatic heterocycles. The Bertz CT molecular complexity index is 860. The second-order valence-electron chi connectivity index (χ2n) is 7.80. The van der Waals surface area contributed by atoms with Crippen LogP contribution in [0, 0.1) is 0 Å². The van der Waals surface area contributed by atoms with Gasteiger partial charge >= 0.3 is 51.4 Å². The number of carbonyl (C=O) groups is 1. The van der Waals surface area contributed by atoms with E-state index in [1.165, 1.54) is 0 Å². The van der Waals surface area contributed by atoms with Gasteiger partial charge in [0.15, 0.2) is 0 Å². The van der Waals surface area contributed by atoms with Crippen LogP contribution in [0.3, 0.4) is 0 Å². The molecule has 0 aliphatic carbocycles. The third-order valence-electron chi connectivity index (χ3n) is 6.11. The summed E-state index contributed by atoms with van der Waals surface area (Å²) in [6.07, 6.45) is 10.9. The number of nitrogens with zero attached hydrogens (tertiary/aromatic N) is 3. The van der Waals surface area contributed by atoms with E-state index in [0.29, 0.717) is 17.4 Å². The number of hydrogen-bond acceptors (Lipinski definition) is 5. The van der Waals surface area contributed by atoms with E-state index in [-0.39, 0.29) is 69.3 Å². The Labute approximate surface area is 223 Å². The first kappa shape index (κ1) is 25.7. The van der Waals surface area contributed by atoms with Gasteiger partial charge in [-0.15, -0.1) is 0 Å². The van der Waals surface area contributed by atoms with Gasteiger partial charge in [-0.05, 0) is 54.3 Å². The minimum atomic E-state index is -2.21. The first-order chi connectivity index (χ1) is 14.0. The quantitative estimate of drug-likeness (QED) is 0.402. The van der Waals surface area contributed by atoms with Gasteiger partial charge in [0.25, 0.3) is 0 Å². The van der Waals surface area contributed by atoms with E-state index in [1.54, 1.807) is 18.3 Å². The van der Waals surface area contributed by atoms with Crippen LogP contribution in [0.25, 0.3) is 0 Å². The molecule has 1 aromatic carbocycles. The van der Waals surface area contributed by atoms with Gasteiger partial charge in [0.2, 0.25) is 5.91 Å². The van der Waals surface area contributed by atoms with Crippen LogP contribution in [-0.4, -0.2) is 32.9 Å². The van der Waals surface area contributed by atoms with Gasteiger partial charge in [0.1, 0.15) is 0 Å². The fourth-order valence-electron chi connectivity index (χ4n) is 4.42. The van der Waals surface area contributed by atoms with E-state index in [4.69, 9.17) is 0 Å². The molecule has 1 aromatic heterocycles. The summed E-state index contributed by atoms with van der Waals surface area (Å²) in [5.41, 5.74) is 1.13. The number of amides is 1. The molecule has 6 nitrogen and oxygen atoms in total. The molecule has 0 radical (unpaired) electrons. The van der Waals surface area contributed by atoms with Crippen LogP contribution >= 0.6 is 0 Å². The van der Waals surface area contributed by atoms with E-state index >= 15 is 0 Å². The molecule has 1 saturated heterocycles. The molecule has 1 aliphatic rings.